The minimum absolute atomic E-state index is 0.0239. The summed E-state index contributed by atoms with van der Waals surface area (Å²) in [6.45, 7) is 6.65. The van der Waals surface area contributed by atoms with Gasteiger partial charge in [-0.3, -0.25) is 19.1 Å². The van der Waals surface area contributed by atoms with Crippen LogP contribution in [0.2, 0.25) is 0 Å². The fourth-order valence-electron chi connectivity index (χ4n) is 2.28. The molecule has 10 heteroatoms. The van der Waals surface area contributed by atoms with Crippen molar-refractivity contribution in [1.82, 2.24) is 25.2 Å². The number of carbonyl (C=O) groups excluding carboxylic acids is 2. The van der Waals surface area contributed by atoms with Gasteiger partial charge in [-0.15, -0.1) is 0 Å². The first-order valence-electron chi connectivity index (χ1n) is 8.43. The zero-order valence-corrected chi connectivity index (χ0v) is 15.7. The molecule has 2 amide bonds. The highest BCUT2D eigenvalue weighted by Crippen LogP contribution is 2.06. The monoisotopic (exact) mass is 377 g/mol. The molecule has 1 atom stereocenters. The smallest absolute Gasteiger partial charge is 0.408 e. The number of aromatic amines is 1. The van der Waals surface area contributed by atoms with Crippen molar-refractivity contribution in [1.29, 1.82) is 0 Å². The van der Waals surface area contributed by atoms with Crippen LogP contribution in [0.25, 0.3) is 11.0 Å². The number of hydrogen-bond acceptors (Lipinski definition) is 6. The van der Waals surface area contributed by atoms with Crippen molar-refractivity contribution >= 4 is 23.0 Å². The number of nitrogens with zero attached hydrogens (tertiary/aromatic N) is 2. The van der Waals surface area contributed by atoms with E-state index < -0.39 is 34.9 Å². The summed E-state index contributed by atoms with van der Waals surface area (Å²) in [4.78, 5) is 54.6. The number of carbonyl (C=O) groups is 2. The molecule has 0 aliphatic carbocycles. The topological polar surface area (TPSA) is 135 Å². The van der Waals surface area contributed by atoms with Crippen LogP contribution in [0.5, 0.6) is 0 Å². The van der Waals surface area contributed by atoms with Gasteiger partial charge in [-0.2, -0.15) is 0 Å². The maximum atomic E-state index is 12.4. The van der Waals surface area contributed by atoms with Gasteiger partial charge < -0.3 is 15.4 Å². The molecule has 2 heterocycles. The third kappa shape index (κ3) is 5.40. The van der Waals surface area contributed by atoms with Gasteiger partial charge in [-0.25, -0.2) is 14.6 Å². The Bertz CT molecular complexity index is 957. The lowest BCUT2D eigenvalue weighted by Gasteiger charge is -2.21. The third-order valence-corrected chi connectivity index (χ3v) is 3.51. The van der Waals surface area contributed by atoms with Crippen LogP contribution in [-0.2, 0) is 16.1 Å². The van der Waals surface area contributed by atoms with Crippen molar-refractivity contribution in [3.05, 3.63) is 39.2 Å². The van der Waals surface area contributed by atoms with Gasteiger partial charge in [-0.05, 0) is 39.8 Å². The Kier molecular flexibility index (Phi) is 5.98. The SMILES string of the molecule is CC(NC(=O)OC(C)(C)C)C(=O)NCCn1c(=O)[nH]c2ncccc2c1=O. The minimum atomic E-state index is -0.837. The van der Waals surface area contributed by atoms with Crippen LogP contribution in [0.15, 0.2) is 27.9 Å². The van der Waals surface area contributed by atoms with Gasteiger partial charge in [0.25, 0.3) is 5.56 Å². The molecule has 27 heavy (non-hydrogen) atoms. The highest BCUT2D eigenvalue weighted by molar-refractivity contribution is 5.85. The zero-order chi connectivity index (χ0) is 20.2. The van der Waals surface area contributed by atoms with E-state index in [0.29, 0.717) is 0 Å². The molecule has 0 saturated heterocycles. The number of amides is 2. The van der Waals surface area contributed by atoms with E-state index in [0.717, 1.165) is 4.57 Å². The molecule has 0 fully saturated rings. The van der Waals surface area contributed by atoms with Gasteiger partial charge in [0, 0.05) is 19.3 Å². The maximum absolute atomic E-state index is 12.4. The molecular weight excluding hydrogens is 354 g/mol. The Morgan fingerprint density at radius 3 is 2.70 bits per heavy atom. The number of aromatic nitrogens is 3. The second-order valence-corrected chi connectivity index (χ2v) is 6.95. The second-order valence-electron chi connectivity index (χ2n) is 6.95. The molecule has 2 aromatic heterocycles. The second kappa shape index (κ2) is 8.02. The number of alkyl carbamates (subject to hydrolysis) is 1. The Morgan fingerprint density at radius 1 is 1.33 bits per heavy atom. The lowest BCUT2D eigenvalue weighted by Crippen LogP contribution is -2.47. The molecule has 3 N–H and O–H groups in total. The molecule has 1 unspecified atom stereocenters. The fourth-order valence-corrected chi connectivity index (χ4v) is 2.28. The first-order valence-corrected chi connectivity index (χ1v) is 8.43. The highest BCUT2D eigenvalue weighted by atomic mass is 16.6. The lowest BCUT2D eigenvalue weighted by atomic mass is 10.2. The molecule has 0 aliphatic rings. The first-order chi connectivity index (χ1) is 12.6. The van der Waals surface area contributed by atoms with E-state index in [4.69, 9.17) is 4.74 Å². The van der Waals surface area contributed by atoms with Crippen molar-refractivity contribution in [2.75, 3.05) is 6.54 Å². The predicted molar refractivity (Wildman–Crippen MR) is 98.5 cm³/mol. The number of ether oxygens (including phenoxy) is 1. The quantitative estimate of drug-likeness (QED) is 0.677. The van der Waals surface area contributed by atoms with Crippen LogP contribution in [0.1, 0.15) is 27.7 Å². The number of fused-ring (bicyclic) bond motifs is 1. The summed E-state index contributed by atoms with van der Waals surface area (Å²) >= 11 is 0. The average Bonchev–Trinajstić information content (AvgIpc) is 2.55. The molecule has 0 radical (unpaired) electrons. The summed E-state index contributed by atoms with van der Waals surface area (Å²) in [7, 11) is 0. The molecule has 0 aliphatic heterocycles. The van der Waals surface area contributed by atoms with E-state index in [2.05, 4.69) is 20.6 Å². The Balaban J connectivity index is 1.95. The predicted octanol–water partition coefficient (Wildman–Crippen LogP) is 0.114. The zero-order valence-electron chi connectivity index (χ0n) is 15.7. The molecule has 2 aromatic rings. The Labute approximate surface area is 154 Å². The number of nitrogens with one attached hydrogen (secondary N) is 3. The normalized spacial score (nSPS) is 12.4. The van der Waals surface area contributed by atoms with E-state index in [1.165, 1.54) is 13.1 Å². The average molecular weight is 377 g/mol. The largest absolute Gasteiger partial charge is 0.444 e. The van der Waals surface area contributed by atoms with Gasteiger partial charge in [0.2, 0.25) is 5.91 Å². The summed E-state index contributed by atoms with van der Waals surface area (Å²) in [6.07, 6.45) is 0.765. The summed E-state index contributed by atoms with van der Waals surface area (Å²) in [6, 6.07) is 2.32. The minimum Gasteiger partial charge on any atom is -0.444 e. The molecule has 0 aromatic carbocycles. The van der Waals surface area contributed by atoms with Crippen molar-refractivity contribution in [3.63, 3.8) is 0 Å². The standard InChI is InChI=1S/C17H23N5O5/c1-10(20-16(26)27-17(2,3)4)13(23)19-8-9-22-14(24)11-6-5-7-18-12(11)21-15(22)25/h5-7,10H,8-9H2,1-4H3,(H,19,23)(H,20,26)(H,18,21,25). The first kappa shape index (κ1) is 20.1. The van der Waals surface area contributed by atoms with Crippen LogP contribution in [-0.4, -0.2) is 44.7 Å². The number of hydrogen-bond donors (Lipinski definition) is 3. The molecule has 0 bridgehead atoms. The van der Waals surface area contributed by atoms with Gasteiger partial charge in [0.05, 0.1) is 5.39 Å². The van der Waals surface area contributed by atoms with Crippen molar-refractivity contribution in [2.45, 2.75) is 45.9 Å². The number of H-pyrrole nitrogens is 1. The van der Waals surface area contributed by atoms with Crippen molar-refractivity contribution < 1.29 is 14.3 Å². The van der Waals surface area contributed by atoms with E-state index in [9.17, 15) is 19.2 Å². The van der Waals surface area contributed by atoms with E-state index in [1.807, 2.05) is 0 Å². The van der Waals surface area contributed by atoms with Gasteiger partial charge in [0.1, 0.15) is 17.3 Å². The van der Waals surface area contributed by atoms with E-state index in [1.54, 1.807) is 32.9 Å². The van der Waals surface area contributed by atoms with Crippen LogP contribution in [0, 0.1) is 0 Å². The van der Waals surface area contributed by atoms with Gasteiger partial charge in [-0.1, -0.05) is 0 Å². The molecule has 0 saturated carbocycles. The lowest BCUT2D eigenvalue weighted by molar-refractivity contribution is -0.122. The third-order valence-electron chi connectivity index (χ3n) is 3.51. The highest BCUT2D eigenvalue weighted by Gasteiger charge is 2.20. The summed E-state index contributed by atoms with van der Waals surface area (Å²) < 4.78 is 6.06. The van der Waals surface area contributed by atoms with Gasteiger partial charge >= 0.3 is 11.8 Å². The van der Waals surface area contributed by atoms with Gasteiger partial charge in [0.15, 0.2) is 0 Å². The Hall–Kier alpha value is -3.17. The summed E-state index contributed by atoms with van der Waals surface area (Å²) in [5, 5.41) is 5.26. The number of pyridine rings is 1. The van der Waals surface area contributed by atoms with Crippen LogP contribution < -0.4 is 21.9 Å². The summed E-state index contributed by atoms with van der Waals surface area (Å²) in [5.74, 6) is -0.465. The van der Waals surface area contributed by atoms with Crippen LogP contribution in [0.3, 0.4) is 0 Å². The van der Waals surface area contributed by atoms with E-state index in [-0.39, 0.29) is 24.1 Å². The maximum Gasteiger partial charge on any atom is 0.408 e. The van der Waals surface area contributed by atoms with Crippen LogP contribution in [0.4, 0.5) is 4.79 Å². The summed E-state index contributed by atoms with van der Waals surface area (Å²) in [5.41, 5.74) is -1.56. The van der Waals surface area contributed by atoms with Crippen LogP contribution >= 0.6 is 0 Å². The van der Waals surface area contributed by atoms with Crippen molar-refractivity contribution in [3.8, 4) is 0 Å². The molecule has 2 rings (SSSR count). The molecule has 146 valence electrons. The number of rotatable bonds is 5. The van der Waals surface area contributed by atoms with Crippen molar-refractivity contribution in [2.24, 2.45) is 0 Å². The van der Waals surface area contributed by atoms with E-state index >= 15 is 0 Å². The molecule has 0 spiro atoms. The molecular formula is C17H23N5O5. The molecule has 10 nitrogen and oxygen atoms in total. The Morgan fingerprint density at radius 2 is 2.04 bits per heavy atom. The fraction of sp³-hybridized carbons (Fsp3) is 0.471.